The van der Waals surface area contributed by atoms with Gasteiger partial charge in [-0.2, -0.15) is 0 Å². The second kappa shape index (κ2) is 6.84. The Balaban J connectivity index is 2.40. The number of hydrogen-bond donors (Lipinski definition) is 2. The molecule has 0 amide bonds. The van der Waals surface area contributed by atoms with Crippen LogP contribution in [0.15, 0.2) is 18.2 Å². The molecule has 0 radical (unpaired) electrons. The topological polar surface area (TPSA) is 32.3 Å². The highest BCUT2D eigenvalue weighted by Gasteiger charge is 2.06. The second-order valence-corrected chi connectivity index (χ2v) is 4.37. The average molecular weight is 246 g/mol. The number of aliphatic hydroxyl groups excluding tert-OH is 1. The van der Waals surface area contributed by atoms with Gasteiger partial charge in [0, 0.05) is 18.7 Å². The average Bonchev–Trinajstić information content (AvgIpc) is 2.25. The van der Waals surface area contributed by atoms with E-state index in [1.54, 1.807) is 12.1 Å². The minimum Gasteiger partial charge on any atom is -0.396 e. The SMILES string of the molecule is CC(CCO)CNCc1cccc(Cl)c1F. The summed E-state index contributed by atoms with van der Waals surface area (Å²) >= 11 is 5.67. The zero-order valence-corrected chi connectivity index (χ0v) is 10.1. The molecule has 0 saturated heterocycles. The van der Waals surface area contributed by atoms with Crippen molar-refractivity contribution in [3.63, 3.8) is 0 Å². The fourth-order valence-corrected chi connectivity index (χ4v) is 1.65. The van der Waals surface area contributed by atoms with Gasteiger partial charge in [0.25, 0.3) is 0 Å². The Morgan fingerprint density at radius 3 is 2.94 bits per heavy atom. The molecule has 1 atom stereocenters. The first-order valence-electron chi connectivity index (χ1n) is 5.39. The summed E-state index contributed by atoms with van der Waals surface area (Å²) in [4.78, 5) is 0. The van der Waals surface area contributed by atoms with Crippen LogP contribution < -0.4 is 5.32 Å². The predicted molar refractivity (Wildman–Crippen MR) is 64.0 cm³/mol. The number of nitrogens with one attached hydrogen (secondary N) is 1. The van der Waals surface area contributed by atoms with Gasteiger partial charge >= 0.3 is 0 Å². The molecule has 0 saturated carbocycles. The normalized spacial score (nSPS) is 12.8. The predicted octanol–water partition coefficient (Wildman–Crippen LogP) is 2.59. The van der Waals surface area contributed by atoms with E-state index in [1.165, 1.54) is 6.07 Å². The molecule has 1 aromatic carbocycles. The number of rotatable bonds is 6. The molecule has 4 heteroatoms. The number of hydrogen-bond acceptors (Lipinski definition) is 2. The van der Waals surface area contributed by atoms with Crippen molar-refractivity contribution >= 4 is 11.6 Å². The second-order valence-electron chi connectivity index (χ2n) is 3.96. The first-order valence-corrected chi connectivity index (χ1v) is 5.77. The highest BCUT2D eigenvalue weighted by molar-refractivity contribution is 6.30. The van der Waals surface area contributed by atoms with Gasteiger partial charge in [-0.1, -0.05) is 30.7 Å². The molecule has 1 rings (SSSR count). The van der Waals surface area contributed by atoms with E-state index in [1.807, 2.05) is 6.92 Å². The zero-order chi connectivity index (χ0) is 12.0. The maximum atomic E-state index is 13.5. The highest BCUT2D eigenvalue weighted by Crippen LogP contribution is 2.17. The van der Waals surface area contributed by atoms with E-state index in [0.717, 1.165) is 13.0 Å². The van der Waals surface area contributed by atoms with E-state index in [-0.39, 0.29) is 17.4 Å². The van der Waals surface area contributed by atoms with Crippen molar-refractivity contribution in [2.45, 2.75) is 19.9 Å². The third-order valence-electron chi connectivity index (χ3n) is 2.46. The Bertz CT molecular complexity index is 333. The van der Waals surface area contributed by atoms with Crippen molar-refractivity contribution in [3.05, 3.63) is 34.6 Å². The van der Waals surface area contributed by atoms with Gasteiger partial charge in [-0.3, -0.25) is 0 Å². The molecule has 16 heavy (non-hydrogen) atoms. The zero-order valence-electron chi connectivity index (χ0n) is 9.34. The maximum absolute atomic E-state index is 13.5. The molecule has 0 heterocycles. The van der Waals surface area contributed by atoms with E-state index in [0.29, 0.717) is 18.0 Å². The van der Waals surface area contributed by atoms with Crippen LogP contribution in [0, 0.1) is 11.7 Å². The number of halogens is 2. The molecule has 0 aromatic heterocycles. The van der Waals surface area contributed by atoms with Crippen LogP contribution in [0.25, 0.3) is 0 Å². The lowest BCUT2D eigenvalue weighted by Gasteiger charge is -2.11. The summed E-state index contributed by atoms with van der Waals surface area (Å²) in [6.07, 6.45) is 0.755. The summed E-state index contributed by atoms with van der Waals surface area (Å²) in [7, 11) is 0. The summed E-state index contributed by atoms with van der Waals surface area (Å²) in [5.41, 5.74) is 0.573. The van der Waals surface area contributed by atoms with Gasteiger partial charge in [0.1, 0.15) is 5.82 Å². The summed E-state index contributed by atoms with van der Waals surface area (Å²) < 4.78 is 13.5. The molecular weight excluding hydrogens is 229 g/mol. The van der Waals surface area contributed by atoms with Crippen LogP contribution in [0.5, 0.6) is 0 Å². The van der Waals surface area contributed by atoms with Crippen LogP contribution in [0.1, 0.15) is 18.9 Å². The molecule has 2 nitrogen and oxygen atoms in total. The number of benzene rings is 1. The fourth-order valence-electron chi connectivity index (χ4n) is 1.46. The molecule has 2 N–H and O–H groups in total. The highest BCUT2D eigenvalue weighted by atomic mass is 35.5. The van der Waals surface area contributed by atoms with Gasteiger partial charge in [-0.15, -0.1) is 0 Å². The molecule has 0 fully saturated rings. The number of aliphatic hydroxyl groups is 1. The summed E-state index contributed by atoms with van der Waals surface area (Å²) in [5.74, 6) is 0.0266. The fraction of sp³-hybridized carbons (Fsp3) is 0.500. The first kappa shape index (κ1) is 13.4. The molecule has 1 aromatic rings. The molecule has 1 unspecified atom stereocenters. The third-order valence-corrected chi connectivity index (χ3v) is 2.75. The molecule has 0 spiro atoms. The first-order chi connectivity index (χ1) is 7.65. The summed E-state index contributed by atoms with van der Waals surface area (Å²) in [6, 6.07) is 4.99. The lowest BCUT2D eigenvalue weighted by molar-refractivity contribution is 0.260. The van der Waals surface area contributed by atoms with Gasteiger partial charge in [-0.25, -0.2) is 4.39 Å². The van der Waals surface area contributed by atoms with Gasteiger partial charge in [0.15, 0.2) is 0 Å². The van der Waals surface area contributed by atoms with Crippen molar-refractivity contribution in [3.8, 4) is 0 Å². The van der Waals surface area contributed by atoms with Crippen LogP contribution >= 0.6 is 11.6 Å². The van der Waals surface area contributed by atoms with E-state index in [4.69, 9.17) is 16.7 Å². The van der Waals surface area contributed by atoms with Crippen molar-refractivity contribution < 1.29 is 9.50 Å². The Hall–Kier alpha value is -0.640. The molecular formula is C12H17ClFNO. The van der Waals surface area contributed by atoms with Crippen molar-refractivity contribution in [2.75, 3.05) is 13.2 Å². The van der Waals surface area contributed by atoms with E-state index >= 15 is 0 Å². The largest absolute Gasteiger partial charge is 0.396 e. The van der Waals surface area contributed by atoms with Crippen LogP contribution in [-0.4, -0.2) is 18.3 Å². The molecule has 0 aliphatic heterocycles. The minimum absolute atomic E-state index is 0.155. The van der Waals surface area contributed by atoms with Crippen molar-refractivity contribution in [1.82, 2.24) is 5.32 Å². The van der Waals surface area contributed by atoms with Crippen molar-refractivity contribution in [2.24, 2.45) is 5.92 Å². The van der Waals surface area contributed by atoms with E-state index < -0.39 is 0 Å². The van der Waals surface area contributed by atoms with Gasteiger partial charge in [0.2, 0.25) is 0 Å². The molecule has 90 valence electrons. The smallest absolute Gasteiger partial charge is 0.146 e. The van der Waals surface area contributed by atoms with Gasteiger partial charge in [-0.05, 0) is 24.9 Å². The van der Waals surface area contributed by atoms with Gasteiger partial charge < -0.3 is 10.4 Å². The van der Waals surface area contributed by atoms with Crippen LogP contribution in [0.3, 0.4) is 0 Å². The summed E-state index contributed by atoms with van der Waals surface area (Å²) in [5, 5.41) is 12.0. The Morgan fingerprint density at radius 1 is 1.50 bits per heavy atom. The maximum Gasteiger partial charge on any atom is 0.146 e. The van der Waals surface area contributed by atoms with Crippen LogP contribution in [-0.2, 0) is 6.54 Å². The van der Waals surface area contributed by atoms with Gasteiger partial charge in [0.05, 0.1) is 5.02 Å². The third kappa shape index (κ3) is 4.08. The Kier molecular flexibility index (Phi) is 5.74. The van der Waals surface area contributed by atoms with Crippen LogP contribution in [0.4, 0.5) is 4.39 Å². The Labute approximate surface area is 100 Å². The Morgan fingerprint density at radius 2 is 2.25 bits per heavy atom. The monoisotopic (exact) mass is 245 g/mol. The quantitative estimate of drug-likeness (QED) is 0.808. The lowest BCUT2D eigenvalue weighted by Crippen LogP contribution is -2.21. The van der Waals surface area contributed by atoms with E-state index in [9.17, 15) is 4.39 Å². The van der Waals surface area contributed by atoms with E-state index in [2.05, 4.69) is 5.32 Å². The molecule has 0 aliphatic rings. The molecule has 0 bridgehead atoms. The lowest BCUT2D eigenvalue weighted by atomic mass is 10.1. The van der Waals surface area contributed by atoms with Crippen molar-refractivity contribution in [1.29, 1.82) is 0 Å². The molecule has 0 aliphatic carbocycles. The standard InChI is InChI=1S/C12H17ClFNO/c1-9(5-6-16)7-15-8-10-3-2-4-11(13)12(10)14/h2-4,9,15-16H,5-8H2,1H3. The van der Waals surface area contributed by atoms with Crippen LogP contribution in [0.2, 0.25) is 5.02 Å². The minimum atomic E-state index is -0.355. The summed E-state index contributed by atoms with van der Waals surface area (Å²) in [6.45, 7) is 3.45.